The molecular formula is C25H28F7NO. The number of nitrogens with one attached hydrogen (secondary N) is 1. The molecule has 0 unspecified atom stereocenters. The smallest absolute Gasteiger partial charge is 0.370 e. The van der Waals surface area contributed by atoms with E-state index in [0.717, 1.165) is 18.5 Å². The number of ether oxygens (including phenoxy) is 1. The van der Waals surface area contributed by atoms with Crippen LogP contribution in [0.2, 0.25) is 0 Å². The number of alkyl halides is 6. The predicted molar refractivity (Wildman–Crippen MR) is 115 cm³/mol. The first-order chi connectivity index (χ1) is 15.8. The molecule has 2 nitrogen and oxygen atoms in total. The number of hydrogen-bond donors (Lipinski definition) is 1. The molecule has 1 N–H and O–H groups in total. The lowest BCUT2D eigenvalue weighted by molar-refractivity contribution is -0.143. The fraction of sp³-hybridized carbons (Fsp3) is 0.520. The zero-order valence-electron chi connectivity index (χ0n) is 19.1. The number of halogens is 7. The Labute approximate surface area is 194 Å². The van der Waals surface area contributed by atoms with E-state index in [1.165, 1.54) is 19.1 Å². The molecule has 0 spiro atoms. The molecule has 5 atom stereocenters. The summed E-state index contributed by atoms with van der Waals surface area (Å²) in [4.78, 5) is 0. The maximum atomic E-state index is 13.5. The highest BCUT2D eigenvalue weighted by atomic mass is 19.4. The molecule has 2 aromatic rings. The van der Waals surface area contributed by atoms with Crippen molar-refractivity contribution in [3.8, 4) is 0 Å². The number of rotatable bonds is 6. The monoisotopic (exact) mass is 491 g/mol. The summed E-state index contributed by atoms with van der Waals surface area (Å²) in [5.41, 5.74) is -2.10. The van der Waals surface area contributed by atoms with Gasteiger partial charge in [0.25, 0.3) is 0 Å². The van der Waals surface area contributed by atoms with Gasteiger partial charge in [-0.2, -0.15) is 26.3 Å². The van der Waals surface area contributed by atoms with Crippen LogP contribution in [0.5, 0.6) is 0 Å². The Morgan fingerprint density at radius 1 is 0.941 bits per heavy atom. The van der Waals surface area contributed by atoms with Crippen molar-refractivity contribution in [3.05, 3.63) is 70.5 Å². The van der Waals surface area contributed by atoms with E-state index in [-0.39, 0.29) is 23.5 Å². The van der Waals surface area contributed by atoms with Crippen LogP contribution in [0.1, 0.15) is 61.0 Å². The minimum atomic E-state index is -4.92. The molecular weight excluding hydrogens is 463 g/mol. The van der Waals surface area contributed by atoms with Crippen LogP contribution >= 0.6 is 0 Å². The van der Waals surface area contributed by atoms with Gasteiger partial charge in [0, 0.05) is 5.92 Å². The molecule has 0 heterocycles. The van der Waals surface area contributed by atoms with Crippen LogP contribution < -0.4 is 5.32 Å². The highest BCUT2D eigenvalue weighted by Crippen LogP contribution is 2.45. The minimum Gasteiger partial charge on any atom is -0.370 e. The van der Waals surface area contributed by atoms with Gasteiger partial charge in [-0.3, -0.25) is 0 Å². The highest BCUT2D eigenvalue weighted by Gasteiger charge is 2.40. The SMILES string of the molecule is CNC[C@H]1CC[C@H](O[C@H](C)c2cc(C(F)(F)F)cc(C(F)(F)F)c2)[C@@H](c2ccc(F)cc2)[C@@H]1C. The topological polar surface area (TPSA) is 21.3 Å². The second-order valence-corrected chi connectivity index (χ2v) is 8.99. The normalized spacial score (nSPS) is 24.8. The van der Waals surface area contributed by atoms with Crippen molar-refractivity contribution in [2.24, 2.45) is 11.8 Å². The van der Waals surface area contributed by atoms with Crippen molar-refractivity contribution < 1.29 is 35.5 Å². The van der Waals surface area contributed by atoms with Crippen LogP contribution in [0.25, 0.3) is 0 Å². The van der Waals surface area contributed by atoms with Crippen LogP contribution in [0.4, 0.5) is 30.7 Å². The molecule has 188 valence electrons. The van der Waals surface area contributed by atoms with E-state index in [1.54, 1.807) is 12.1 Å². The third-order valence-electron chi connectivity index (χ3n) is 6.71. The Kier molecular flexibility index (Phi) is 7.97. The van der Waals surface area contributed by atoms with Gasteiger partial charge in [-0.15, -0.1) is 0 Å². The van der Waals surface area contributed by atoms with E-state index in [2.05, 4.69) is 5.32 Å². The molecule has 1 fully saturated rings. The molecule has 0 bridgehead atoms. The van der Waals surface area contributed by atoms with Crippen LogP contribution in [-0.2, 0) is 17.1 Å². The average molecular weight is 491 g/mol. The summed E-state index contributed by atoms with van der Waals surface area (Å²) in [6.45, 7) is 4.26. The summed E-state index contributed by atoms with van der Waals surface area (Å²) in [6.07, 6.45) is -9.95. The van der Waals surface area contributed by atoms with Gasteiger partial charge in [-0.25, -0.2) is 4.39 Å². The van der Waals surface area contributed by atoms with E-state index in [9.17, 15) is 30.7 Å². The van der Waals surface area contributed by atoms with E-state index >= 15 is 0 Å². The Morgan fingerprint density at radius 3 is 2.00 bits per heavy atom. The first-order valence-electron chi connectivity index (χ1n) is 11.2. The molecule has 0 aromatic heterocycles. The Balaban J connectivity index is 1.94. The lowest BCUT2D eigenvalue weighted by atomic mass is 9.68. The molecule has 2 aromatic carbocycles. The molecule has 0 amide bonds. The summed E-state index contributed by atoms with van der Waals surface area (Å²) in [5.74, 6) is -0.201. The fourth-order valence-corrected chi connectivity index (χ4v) is 4.91. The van der Waals surface area contributed by atoms with Gasteiger partial charge >= 0.3 is 12.4 Å². The quantitative estimate of drug-likeness (QED) is 0.427. The predicted octanol–water partition coefficient (Wildman–Crippen LogP) is 7.36. The van der Waals surface area contributed by atoms with Gasteiger partial charge in [0.15, 0.2) is 0 Å². The van der Waals surface area contributed by atoms with Gasteiger partial charge in [0.1, 0.15) is 5.82 Å². The van der Waals surface area contributed by atoms with Crippen molar-refractivity contribution in [1.29, 1.82) is 0 Å². The molecule has 0 aliphatic heterocycles. The molecule has 1 saturated carbocycles. The van der Waals surface area contributed by atoms with Crippen LogP contribution in [-0.4, -0.2) is 19.7 Å². The third kappa shape index (κ3) is 6.10. The zero-order chi connectivity index (χ0) is 25.3. The average Bonchev–Trinajstić information content (AvgIpc) is 2.75. The second-order valence-electron chi connectivity index (χ2n) is 8.99. The van der Waals surface area contributed by atoms with Crippen LogP contribution in [0.15, 0.2) is 42.5 Å². The Morgan fingerprint density at radius 2 is 1.50 bits per heavy atom. The molecule has 3 rings (SSSR count). The van der Waals surface area contributed by atoms with Crippen molar-refractivity contribution >= 4 is 0 Å². The van der Waals surface area contributed by atoms with Crippen molar-refractivity contribution in [3.63, 3.8) is 0 Å². The van der Waals surface area contributed by atoms with Crippen molar-refractivity contribution in [2.45, 2.75) is 57.2 Å². The number of benzene rings is 2. The molecule has 0 saturated heterocycles. The largest absolute Gasteiger partial charge is 0.416 e. The fourth-order valence-electron chi connectivity index (χ4n) is 4.91. The van der Waals surface area contributed by atoms with Gasteiger partial charge in [-0.05, 0) is 86.7 Å². The lowest BCUT2D eigenvalue weighted by Crippen LogP contribution is -2.40. The first-order valence-corrected chi connectivity index (χ1v) is 11.2. The second kappa shape index (κ2) is 10.2. The van der Waals surface area contributed by atoms with E-state index in [4.69, 9.17) is 4.74 Å². The minimum absolute atomic E-state index is 0.0936. The standard InChI is InChI=1S/C25H28F7NO/c1-14-17(13-33-3)6-9-22(23(14)16-4-7-21(26)8-5-16)34-15(2)18-10-19(24(27,28)29)12-20(11-18)25(30,31)32/h4-5,7-8,10-12,14-15,17,22-23,33H,6,9,13H2,1-3H3/t14-,15-,17-,22+,23-/m1/s1. The lowest BCUT2D eigenvalue weighted by Gasteiger charge is -2.43. The van der Waals surface area contributed by atoms with E-state index in [1.807, 2.05) is 14.0 Å². The Bertz CT molecular complexity index is 923. The molecule has 9 heteroatoms. The van der Waals surface area contributed by atoms with E-state index < -0.39 is 41.5 Å². The number of hydrogen-bond acceptors (Lipinski definition) is 2. The summed E-state index contributed by atoms with van der Waals surface area (Å²) in [6, 6.07) is 7.53. The zero-order valence-corrected chi connectivity index (χ0v) is 19.1. The molecule has 1 aliphatic carbocycles. The van der Waals surface area contributed by atoms with Crippen LogP contribution in [0.3, 0.4) is 0 Å². The van der Waals surface area contributed by atoms with Gasteiger partial charge in [0.05, 0.1) is 23.3 Å². The van der Waals surface area contributed by atoms with Crippen LogP contribution in [0, 0.1) is 17.7 Å². The molecule has 1 aliphatic rings. The third-order valence-corrected chi connectivity index (χ3v) is 6.71. The molecule has 0 radical (unpaired) electrons. The van der Waals surface area contributed by atoms with Gasteiger partial charge < -0.3 is 10.1 Å². The molecule has 34 heavy (non-hydrogen) atoms. The maximum absolute atomic E-state index is 13.5. The van der Waals surface area contributed by atoms with Crippen molar-refractivity contribution in [2.75, 3.05) is 13.6 Å². The van der Waals surface area contributed by atoms with Gasteiger partial charge in [-0.1, -0.05) is 19.1 Å². The summed E-state index contributed by atoms with van der Waals surface area (Å²) < 4.78 is 99.5. The Hall–Kier alpha value is -2.13. The van der Waals surface area contributed by atoms with Crippen molar-refractivity contribution in [1.82, 2.24) is 5.32 Å². The maximum Gasteiger partial charge on any atom is 0.416 e. The summed E-state index contributed by atoms with van der Waals surface area (Å²) in [7, 11) is 1.84. The van der Waals surface area contributed by atoms with Gasteiger partial charge in [0.2, 0.25) is 0 Å². The summed E-state index contributed by atoms with van der Waals surface area (Å²) in [5, 5.41) is 3.16. The first kappa shape index (κ1) is 26.5. The highest BCUT2D eigenvalue weighted by molar-refractivity contribution is 5.35. The van der Waals surface area contributed by atoms with E-state index in [0.29, 0.717) is 24.5 Å². The summed E-state index contributed by atoms with van der Waals surface area (Å²) >= 11 is 0.